The van der Waals surface area contributed by atoms with E-state index in [9.17, 15) is 4.39 Å². The van der Waals surface area contributed by atoms with E-state index in [1.54, 1.807) is 17.4 Å². The Bertz CT molecular complexity index is 447. The molecule has 68 valence electrons. The molecule has 0 unspecified atom stereocenters. The van der Waals surface area contributed by atoms with Crippen molar-refractivity contribution in [1.82, 2.24) is 0 Å². The normalized spacial score (nSPS) is 11.0. The summed E-state index contributed by atoms with van der Waals surface area (Å²) >= 11 is 4.96. The van der Waals surface area contributed by atoms with Crippen molar-refractivity contribution in [3.8, 4) is 0 Å². The minimum atomic E-state index is -0.115. The summed E-state index contributed by atoms with van der Waals surface area (Å²) in [7, 11) is 0. The Kier molecular flexibility index (Phi) is 2.39. The summed E-state index contributed by atoms with van der Waals surface area (Å²) in [6, 6.07) is 5.52. The van der Waals surface area contributed by atoms with Gasteiger partial charge in [-0.25, -0.2) is 4.39 Å². The lowest BCUT2D eigenvalue weighted by Crippen LogP contribution is -1.80. The lowest BCUT2D eigenvalue weighted by Gasteiger charge is -1.96. The van der Waals surface area contributed by atoms with E-state index in [1.165, 1.54) is 0 Å². The van der Waals surface area contributed by atoms with Crippen LogP contribution >= 0.6 is 27.3 Å². The summed E-state index contributed by atoms with van der Waals surface area (Å²) in [5.74, 6) is -0.115. The summed E-state index contributed by atoms with van der Waals surface area (Å²) in [6.45, 7) is 2.00. The molecule has 1 aromatic carbocycles. The number of aryl methyl sites for hydroxylation is 1. The molecular formula is C10H8BrFS. The fourth-order valence-electron chi connectivity index (χ4n) is 1.35. The molecule has 1 heterocycles. The molecule has 0 aliphatic heterocycles. The van der Waals surface area contributed by atoms with E-state index < -0.39 is 0 Å². The highest BCUT2D eigenvalue weighted by molar-refractivity contribution is 9.08. The van der Waals surface area contributed by atoms with Gasteiger partial charge in [0, 0.05) is 20.3 Å². The van der Waals surface area contributed by atoms with Crippen molar-refractivity contribution in [2.24, 2.45) is 0 Å². The van der Waals surface area contributed by atoms with Gasteiger partial charge in [0.2, 0.25) is 0 Å². The quantitative estimate of drug-likeness (QED) is 0.672. The van der Waals surface area contributed by atoms with Crippen molar-refractivity contribution >= 4 is 37.4 Å². The number of hydrogen-bond acceptors (Lipinski definition) is 1. The smallest absolute Gasteiger partial charge is 0.132 e. The number of halogens is 2. The van der Waals surface area contributed by atoms with Gasteiger partial charge in [-0.15, -0.1) is 11.3 Å². The molecule has 0 amide bonds. The van der Waals surface area contributed by atoms with Gasteiger partial charge in [0.25, 0.3) is 0 Å². The molecule has 1 aromatic heterocycles. The molecule has 0 nitrogen and oxygen atoms in total. The van der Waals surface area contributed by atoms with Crippen molar-refractivity contribution in [3.05, 3.63) is 34.5 Å². The van der Waals surface area contributed by atoms with Crippen molar-refractivity contribution < 1.29 is 4.39 Å². The Hall–Kier alpha value is -0.410. The Labute approximate surface area is 88.5 Å². The Morgan fingerprint density at radius 2 is 2.15 bits per heavy atom. The van der Waals surface area contributed by atoms with E-state index in [2.05, 4.69) is 15.9 Å². The van der Waals surface area contributed by atoms with Gasteiger partial charge in [0.05, 0.1) is 0 Å². The van der Waals surface area contributed by atoms with Crippen LogP contribution in [0.15, 0.2) is 18.2 Å². The largest absolute Gasteiger partial charge is 0.206 e. The van der Waals surface area contributed by atoms with E-state index in [4.69, 9.17) is 0 Å². The van der Waals surface area contributed by atoms with Crippen LogP contribution in [0.3, 0.4) is 0 Å². The first-order chi connectivity index (χ1) is 6.20. The number of benzene rings is 1. The van der Waals surface area contributed by atoms with Crippen LogP contribution in [0.2, 0.25) is 0 Å². The van der Waals surface area contributed by atoms with Crippen LogP contribution < -0.4 is 0 Å². The monoisotopic (exact) mass is 258 g/mol. The molecule has 0 atom stereocenters. The molecule has 3 heteroatoms. The van der Waals surface area contributed by atoms with Gasteiger partial charge in [-0.3, -0.25) is 0 Å². The second-order valence-corrected chi connectivity index (χ2v) is 4.83. The Balaban J connectivity index is 2.75. The number of rotatable bonds is 1. The van der Waals surface area contributed by atoms with E-state index >= 15 is 0 Å². The van der Waals surface area contributed by atoms with Crippen molar-refractivity contribution in [2.45, 2.75) is 12.3 Å². The number of fused-ring (bicyclic) bond motifs is 1. The van der Waals surface area contributed by atoms with Crippen LogP contribution in [-0.2, 0) is 5.33 Å². The molecule has 0 spiro atoms. The van der Waals surface area contributed by atoms with Crippen molar-refractivity contribution in [3.63, 3.8) is 0 Å². The first kappa shape index (κ1) is 9.16. The topological polar surface area (TPSA) is 0 Å². The molecular weight excluding hydrogens is 251 g/mol. The highest BCUT2D eigenvalue weighted by atomic mass is 79.9. The second-order valence-electron chi connectivity index (χ2n) is 2.98. The summed E-state index contributed by atoms with van der Waals surface area (Å²) in [4.78, 5) is 1.15. The maximum Gasteiger partial charge on any atom is 0.132 e. The molecule has 0 aliphatic carbocycles. The van der Waals surface area contributed by atoms with Crippen molar-refractivity contribution in [2.75, 3.05) is 0 Å². The molecule has 2 rings (SSSR count). The van der Waals surface area contributed by atoms with Gasteiger partial charge in [-0.2, -0.15) is 0 Å². The van der Waals surface area contributed by atoms with Gasteiger partial charge in [0.1, 0.15) is 5.82 Å². The lowest BCUT2D eigenvalue weighted by molar-refractivity contribution is 0.639. The molecule has 0 fully saturated rings. The molecule has 0 saturated heterocycles. The van der Waals surface area contributed by atoms with Gasteiger partial charge < -0.3 is 0 Å². The lowest BCUT2D eigenvalue weighted by atomic mass is 10.2. The predicted octanol–water partition coefficient (Wildman–Crippen LogP) is 4.24. The van der Waals surface area contributed by atoms with E-state index in [0.29, 0.717) is 5.33 Å². The zero-order chi connectivity index (χ0) is 9.42. The minimum absolute atomic E-state index is 0.115. The van der Waals surface area contributed by atoms with Crippen LogP contribution in [0.1, 0.15) is 10.4 Å². The van der Waals surface area contributed by atoms with Gasteiger partial charge in [-0.05, 0) is 30.7 Å². The van der Waals surface area contributed by atoms with Crippen LogP contribution in [-0.4, -0.2) is 0 Å². The summed E-state index contributed by atoms with van der Waals surface area (Å²) < 4.78 is 14.5. The highest BCUT2D eigenvalue weighted by Crippen LogP contribution is 2.29. The Morgan fingerprint density at radius 3 is 2.85 bits per heavy atom. The van der Waals surface area contributed by atoms with E-state index in [1.807, 2.05) is 19.1 Å². The number of alkyl halides is 1. The first-order valence-corrected chi connectivity index (χ1v) is 5.89. The van der Waals surface area contributed by atoms with Crippen LogP contribution in [0.5, 0.6) is 0 Å². The fraction of sp³-hybridized carbons (Fsp3) is 0.200. The maximum atomic E-state index is 13.4. The average molecular weight is 259 g/mol. The first-order valence-electron chi connectivity index (χ1n) is 3.95. The zero-order valence-electron chi connectivity index (χ0n) is 7.10. The van der Waals surface area contributed by atoms with E-state index in [-0.39, 0.29) is 5.82 Å². The summed E-state index contributed by atoms with van der Waals surface area (Å²) in [6.07, 6.45) is 0. The second kappa shape index (κ2) is 3.39. The molecule has 13 heavy (non-hydrogen) atoms. The number of hydrogen-bond donors (Lipinski definition) is 0. The van der Waals surface area contributed by atoms with Crippen LogP contribution in [0.4, 0.5) is 4.39 Å². The predicted molar refractivity (Wildman–Crippen MR) is 59.2 cm³/mol. The number of thiophene rings is 1. The maximum absolute atomic E-state index is 13.4. The Morgan fingerprint density at radius 1 is 1.38 bits per heavy atom. The molecule has 0 bridgehead atoms. The standard InChI is InChI=1S/C10H8BrFS/c1-6-2-8-9(12)3-7(5-11)4-10(8)13-6/h2-4H,5H2,1H3. The molecule has 2 aromatic rings. The van der Waals surface area contributed by atoms with Gasteiger partial charge >= 0.3 is 0 Å². The molecule has 0 aliphatic rings. The molecule has 0 radical (unpaired) electrons. The molecule has 0 saturated carbocycles. The fourth-order valence-corrected chi connectivity index (χ4v) is 2.68. The van der Waals surface area contributed by atoms with Crippen LogP contribution in [0.25, 0.3) is 10.1 Å². The summed E-state index contributed by atoms with van der Waals surface area (Å²) in [5, 5.41) is 1.45. The third-order valence-electron chi connectivity index (χ3n) is 1.92. The highest BCUT2D eigenvalue weighted by Gasteiger charge is 2.05. The van der Waals surface area contributed by atoms with Gasteiger partial charge in [0.15, 0.2) is 0 Å². The zero-order valence-corrected chi connectivity index (χ0v) is 9.51. The van der Waals surface area contributed by atoms with E-state index in [0.717, 1.165) is 20.5 Å². The van der Waals surface area contributed by atoms with Crippen molar-refractivity contribution in [1.29, 1.82) is 0 Å². The SMILES string of the molecule is Cc1cc2c(F)cc(CBr)cc2s1. The summed E-state index contributed by atoms with van der Waals surface area (Å²) in [5.41, 5.74) is 0.992. The molecule has 0 N–H and O–H groups in total. The third-order valence-corrected chi connectivity index (χ3v) is 3.57. The average Bonchev–Trinajstić information content (AvgIpc) is 2.46. The van der Waals surface area contributed by atoms with Gasteiger partial charge in [-0.1, -0.05) is 15.9 Å². The minimum Gasteiger partial charge on any atom is -0.206 e. The van der Waals surface area contributed by atoms with Crippen LogP contribution in [0, 0.1) is 12.7 Å². The third kappa shape index (κ3) is 1.63.